The molecule has 0 unspecified atom stereocenters. The Kier molecular flexibility index (Phi) is 5.28. The van der Waals surface area contributed by atoms with Crippen molar-refractivity contribution in [1.29, 1.82) is 0 Å². The summed E-state index contributed by atoms with van der Waals surface area (Å²) in [5.74, 6) is -1.35. The second kappa shape index (κ2) is 6.31. The van der Waals surface area contributed by atoms with Crippen molar-refractivity contribution in [2.24, 2.45) is 0 Å². The van der Waals surface area contributed by atoms with E-state index in [0.717, 1.165) is 18.2 Å². The zero-order chi connectivity index (χ0) is 14.6. The Hall–Kier alpha value is -1.18. The van der Waals surface area contributed by atoms with Crippen LogP contribution in [0.4, 0.5) is 13.2 Å². The number of aryl methyl sites for hydroxylation is 1. The Balaban J connectivity index is 3.08. The van der Waals surface area contributed by atoms with Gasteiger partial charge in [-0.15, -0.1) is 0 Å². The molecular weight excluding hydrogens is 281 g/mol. The predicted molar refractivity (Wildman–Crippen MR) is 65.2 cm³/mol. The lowest BCUT2D eigenvalue weighted by molar-refractivity contribution is -0.142. The van der Waals surface area contributed by atoms with Crippen LogP contribution in [0.3, 0.4) is 0 Å². The molecule has 0 aliphatic rings. The third-order valence-corrected chi connectivity index (χ3v) is 3.64. The molecule has 1 rings (SSSR count). The maximum absolute atomic E-state index is 12.8. The van der Waals surface area contributed by atoms with Crippen LogP contribution in [0.2, 0.25) is 0 Å². The molecule has 1 heterocycles. The van der Waals surface area contributed by atoms with Crippen LogP contribution in [0.25, 0.3) is 0 Å². The zero-order valence-corrected chi connectivity index (χ0v) is 11.4. The van der Waals surface area contributed by atoms with Gasteiger partial charge in [-0.3, -0.25) is 9.48 Å². The molecule has 0 radical (unpaired) electrons. The van der Waals surface area contributed by atoms with Gasteiger partial charge in [-0.1, -0.05) is 25.1 Å². The summed E-state index contributed by atoms with van der Waals surface area (Å²) < 4.78 is 39.5. The molecular formula is C11H15F3N2O2S. The van der Waals surface area contributed by atoms with E-state index in [0.29, 0.717) is 13.0 Å². The molecule has 1 aromatic rings. The fourth-order valence-corrected chi connectivity index (χ4v) is 2.43. The number of carbonyl (C=O) groups is 1. The molecule has 0 atom stereocenters. The summed E-state index contributed by atoms with van der Waals surface area (Å²) in [4.78, 5) is 10.5. The van der Waals surface area contributed by atoms with Gasteiger partial charge in [0, 0.05) is 12.1 Å². The van der Waals surface area contributed by atoms with Crippen molar-refractivity contribution in [3.8, 4) is 0 Å². The Labute approximate surface area is 113 Å². The highest BCUT2D eigenvalue weighted by molar-refractivity contribution is 7.99. The molecule has 1 N–H and O–H groups in total. The van der Waals surface area contributed by atoms with Crippen LogP contribution in [0, 0.1) is 6.92 Å². The van der Waals surface area contributed by atoms with Crippen molar-refractivity contribution < 1.29 is 23.1 Å². The van der Waals surface area contributed by atoms with Gasteiger partial charge in [0.15, 0.2) is 5.69 Å². The molecule has 0 amide bonds. The second-order valence-corrected chi connectivity index (χ2v) is 5.00. The van der Waals surface area contributed by atoms with E-state index in [1.807, 2.05) is 6.92 Å². The second-order valence-electron chi connectivity index (χ2n) is 4.04. The van der Waals surface area contributed by atoms with E-state index >= 15 is 0 Å². The predicted octanol–water partition coefficient (Wildman–Crippen LogP) is 3.19. The van der Waals surface area contributed by atoms with E-state index in [-0.39, 0.29) is 16.3 Å². The van der Waals surface area contributed by atoms with Gasteiger partial charge in [0.05, 0.1) is 10.8 Å². The third-order valence-electron chi connectivity index (χ3n) is 2.46. The number of alkyl halides is 3. The third kappa shape index (κ3) is 4.15. The average Bonchev–Trinajstić information content (AvgIpc) is 2.60. The molecule has 0 saturated heterocycles. The van der Waals surface area contributed by atoms with E-state index in [9.17, 15) is 18.0 Å². The van der Waals surface area contributed by atoms with Crippen molar-refractivity contribution in [2.45, 2.75) is 44.4 Å². The quantitative estimate of drug-likeness (QED) is 0.819. The van der Waals surface area contributed by atoms with Crippen molar-refractivity contribution >= 4 is 17.7 Å². The number of hydrogen-bond acceptors (Lipinski definition) is 3. The molecule has 0 saturated carbocycles. The summed E-state index contributed by atoms with van der Waals surface area (Å²) in [7, 11) is 0. The molecule has 19 heavy (non-hydrogen) atoms. The largest absolute Gasteiger partial charge is 0.481 e. The first-order valence-electron chi connectivity index (χ1n) is 5.76. The number of nitrogens with zero attached hydrogens (tertiary/aromatic N) is 2. The van der Waals surface area contributed by atoms with E-state index in [1.165, 1.54) is 11.6 Å². The standard InChI is InChI=1S/C11H15F3N2O2S/c1-3-4-5-16-10(19-6-8(17)18)7(2)9(15-16)11(12,13)14/h3-6H2,1-2H3,(H,17,18). The fraction of sp³-hybridized carbons (Fsp3) is 0.636. The highest BCUT2D eigenvalue weighted by Gasteiger charge is 2.37. The number of carboxylic acids is 1. The Morgan fingerprint density at radius 1 is 1.47 bits per heavy atom. The Morgan fingerprint density at radius 2 is 2.11 bits per heavy atom. The van der Waals surface area contributed by atoms with Crippen LogP contribution in [0.5, 0.6) is 0 Å². The van der Waals surface area contributed by atoms with E-state index in [2.05, 4.69) is 5.10 Å². The molecule has 0 bridgehead atoms. The summed E-state index contributed by atoms with van der Waals surface area (Å²) in [5.41, 5.74) is -0.939. The van der Waals surface area contributed by atoms with Crippen LogP contribution in [-0.4, -0.2) is 26.6 Å². The Morgan fingerprint density at radius 3 is 2.58 bits per heavy atom. The minimum Gasteiger partial charge on any atom is -0.481 e. The average molecular weight is 296 g/mol. The number of aliphatic carboxylic acids is 1. The first-order valence-corrected chi connectivity index (χ1v) is 6.75. The number of thioether (sulfide) groups is 1. The fourth-order valence-electron chi connectivity index (χ4n) is 1.58. The lowest BCUT2D eigenvalue weighted by Gasteiger charge is -2.05. The highest BCUT2D eigenvalue weighted by atomic mass is 32.2. The van der Waals surface area contributed by atoms with E-state index < -0.39 is 17.8 Å². The van der Waals surface area contributed by atoms with Crippen molar-refractivity contribution in [2.75, 3.05) is 5.75 Å². The summed E-state index contributed by atoms with van der Waals surface area (Å²) in [6.07, 6.45) is -3.00. The first kappa shape index (κ1) is 15.9. The van der Waals surface area contributed by atoms with Crippen LogP contribution in [0.15, 0.2) is 5.03 Å². The topological polar surface area (TPSA) is 55.1 Å². The molecule has 0 aromatic carbocycles. The van der Waals surface area contributed by atoms with Gasteiger partial charge < -0.3 is 5.11 Å². The van der Waals surface area contributed by atoms with Crippen molar-refractivity contribution in [3.63, 3.8) is 0 Å². The summed E-state index contributed by atoms with van der Waals surface area (Å²) >= 11 is 0.870. The molecule has 0 aliphatic heterocycles. The molecule has 0 spiro atoms. The number of carboxylic acid groups (broad SMARTS) is 1. The van der Waals surface area contributed by atoms with Crippen LogP contribution in [-0.2, 0) is 17.5 Å². The van der Waals surface area contributed by atoms with Crippen LogP contribution < -0.4 is 0 Å². The number of unbranched alkanes of at least 4 members (excludes halogenated alkanes) is 1. The Bertz CT molecular complexity index is 458. The van der Waals surface area contributed by atoms with Crippen LogP contribution in [0.1, 0.15) is 31.0 Å². The van der Waals surface area contributed by atoms with Crippen LogP contribution >= 0.6 is 11.8 Å². The lowest BCUT2D eigenvalue weighted by Crippen LogP contribution is -2.09. The maximum atomic E-state index is 12.8. The van der Waals surface area contributed by atoms with Gasteiger partial charge in [-0.2, -0.15) is 18.3 Å². The van der Waals surface area contributed by atoms with E-state index in [1.54, 1.807) is 0 Å². The SMILES string of the molecule is CCCCn1nc(C(F)(F)F)c(C)c1SCC(=O)O. The summed E-state index contributed by atoms with van der Waals surface area (Å²) in [6, 6.07) is 0. The first-order chi connectivity index (χ1) is 8.77. The number of rotatable bonds is 6. The normalized spacial score (nSPS) is 11.8. The number of hydrogen-bond donors (Lipinski definition) is 1. The van der Waals surface area contributed by atoms with Gasteiger partial charge in [-0.05, 0) is 13.3 Å². The minimum atomic E-state index is -4.51. The monoisotopic (exact) mass is 296 g/mol. The molecule has 4 nitrogen and oxygen atoms in total. The van der Waals surface area contributed by atoms with Crippen molar-refractivity contribution in [3.05, 3.63) is 11.3 Å². The summed E-state index contributed by atoms with van der Waals surface area (Å²) in [6.45, 7) is 3.60. The van der Waals surface area contributed by atoms with E-state index in [4.69, 9.17) is 5.11 Å². The summed E-state index contributed by atoms with van der Waals surface area (Å²) in [5, 5.41) is 12.5. The molecule has 1 aromatic heterocycles. The maximum Gasteiger partial charge on any atom is 0.435 e. The van der Waals surface area contributed by atoms with Crippen molar-refractivity contribution in [1.82, 2.24) is 9.78 Å². The lowest BCUT2D eigenvalue weighted by atomic mass is 10.3. The zero-order valence-electron chi connectivity index (χ0n) is 10.6. The van der Waals surface area contributed by atoms with Gasteiger partial charge in [0.25, 0.3) is 0 Å². The molecule has 8 heteroatoms. The highest BCUT2D eigenvalue weighted by Crippen LogP contribution is 2.35. The van der Waals surface area contributed by atoms with Gasteiger partial charge in [0.2, 0.25) is 0 Å². The van der Waals surface area contributed by atoms with Gasteiger partial charge in [0.1, 0.15) is 0 Å². The van der Waals surface area contributed by atoms with Gasteiger partial charge >= 0.3 is 12.1 Å². The minimum absolute atomic E-state index is 0.00477. The van der Waals surface area contributed by atoms with Gasteiger partial charge in [-0.25, -0.2) is 0 Å². The molecule has 108 valence electrons. The molecule has 0 aliphatic carbocycles. The molecule has 0 fully saturated rings. The number of aromatic nitrogens is 2. The number of halogens is 3. The smallest absolute Gasteiger partial charge is 0.435 e.